The zero-order chi connectivity index (χ0) is 21.3. The highest BCUT2D eigenvalue weighted by atomic mass is 19.1. The second-order valence-electron chi connectivity index (χ2n) is 7.00. The van der Waals surface area contributed by atoms with Gasteiger partial charge >= 0.3 is 0 Å². The molecule has 2 aliphatic heterocycles. The molecule has 156 valence electrons. The van der Waals surface area contributed by atoms with E-state index in [4.69, 9.17) is 9.57 Å². The van der Waals surface area contributed by atoms with Gasteiger partial charge in [0.25, 0.3) is 11.8 Å². The number of amides is 2. The third-order valence-electron chi connectivity index (χ3n) is 4.99. The topological polar surface area (TPSA) is 92.8 Å². The summed E-state index contributed by atoms with van der Waals surface area (Å²) in [6.07, 6.45) is 2.95. The summed E-state index contributed by atoms with van der Waals surface area (Å²) in [4.78, 5) is 33.3. The van der Waals surface area contributed by atoms with Crippen LogP contribution in [0.15, 0.2) is 36.5 Å². The predicted molar refractivity (Wildman–Crippen MR) is 107 cm³/mol. The highest BCUT2D eigenvalue weighted by Gasteiger charge is 2.28. The molecular formula is C21H21FN4O4. The smallest absolute Gasteiger partial charge is 0.269 e. The lowest BCUT2D eigenvalue weighted by atomic mass is 10.1. The maximum absolute atomic E-state index is 14.9. The summed E-state index contributed by atoms with van der Waals surface area (Å²) in [5.74, 6) is -0.834. The third kappa shape index (κ3) is 3.89. The van der Waals surface area contributed by atoms with Crippen LogP contribution in [-0.2, 0) is 16.2 Å². The van der Waals surface area contributed by atoms with Gasteiger partial charge in [-0.05, 0) is 30.2 Å². The average Bonchev–Trinajstić information content (AvgIpc) is 2.77. The van der Waals surface area contributed by atoms with E-state index >= 15 is 0 Å². The first-order valence-electron chi connectivity index (χ1n) is 9.50. The van der Waals surface area contributed by atoms with Gasteiger partial charge in [0.05, 0.1) is 13.2 Å². The second kappa shape index (κ2) is 8.21. The molecule has 2 amide bonds. The number of hydrogen-bond acceptors (Lipinski definition) is 6. The second-order valence-corrected chi connectivity index (χ2v) is 7.00. The Morgan fingerprint density at radius 2 is 2.20 bits per heavy atom. The van der Waals surface area contributed by atoms with Crippen molar-refractivity contribution in [3.63, 3.8) is 0 Å². The van der Waals surface area contributed by atoms with Gasteiger partial charge in [-0.2, -0.15) is 5.06 Å². The minimum atomic E-state index is -0.656. The number of carbonyl (C=O) groups is 2. The Morgan fingerprint density at radius 3 is 2.87 bits per heavy atom. The average molecular weight is 412 g/mol. The molecule has 8 nitrogen and oxygen atoms in total. The number of anilines is 1. The van der Waals surface area contributed by atoms with E-state index in [-0.39, 0.29) is 24.0 Å². The highest BCUT2D eigenvalue weighted by Crippen LogP contribution is 2.34. The van der Waals surface area contributed by atoms with Crippen molar-refractivity contribution in [2.45, 2.75) is 19.6 Å². The van der Waals surface area contributed by atoms with Gasteiger partial charge in [0.1, 0.15) is 17.1 Å². The van der Waals surface area contributed by atoms with E-state index in [0.717, 1.165) is 11.1 Å². The van der Waals surface area contributed by atoms with Crippen molar-refractivity contribution in [3.8, 4) is 5.75 Å². The lowest BCUT2D eigenvalue weighted by Gasteiger charge is -2.28. The quantitative estimate of drug-likeness (QED) is 0.799. The van der Waals surface area contributed by atoms with Gasteiger partial charge < -0.3 is 15.4 Å². The van der Waals surface area contributed by atoms with Crippen LogP contribution in [0.4, 0.5) is 10.1 Å². The van der Waals surface area contributed by atoms with Crippen molar-refractivity contribution >= 4 is 23.1 Å². The maximum atomic E-state index is 14.9. The normalized spacial score (nSPS) is 18.7. The molecule has 2 N–H and O–H groups in total. The first kappa shape index (κ1) is 20.0. The van der Waals surface area contributed by atoms with E-state index < -0.39 is 11.9 Å². The fourth-order valence-electron chi connectivity index (χ4n) is 3.24. The van der Waals surface area contributed by atoms with Gasteiger partial charge in [-0.3, -0.25) is 19.4 Å². The molecule has 0 aliphatic carbocycles. The Hall–Kier alpha value is -3.30. The molecule has 1 aromatic carbocycles. The van der Waals surface area contributed by atoms with Crippen LogP contribution in [-0.4, -0.2) is 48.2 Å². The van der Waals surface area contributed by atoms with Crippen LogP contribution in [0.3, 0.4) is 0 Å². The monoisotopic (exact) mass is 412 g/mol. The Kier molecular flexibility index (Phi) is 5.47. The molecular weight excluding hydrogens is 391 g/mol. The van der Waals surface area contributed by atoms with Crippen molar-refractivity contribution in [2.24, 2.45) is 0 Å². The fraction of sp³-hybridized carbons (Fsp3) is 0.286. The van der Waals surface area contributed by atoms with Gasteiger partial charge in [0.15, 0.2) is 11.9 Å². The van der Waals surface area contributed by atoms with E-state index in [2.05, 4.69) is 15.6 Å². The van der Waals surface area contributed by atoms with Gasteiger partial charge in [0, 0.05) is 25.4 Å². The molecule has 9 heteroatoms. The molecule has 0 fully saturated rings. The summed E-state index contributed by atoms with van der Waals surface area (Å²) in [5.41, 5.74) is 2.58. The molecule has 0 spiro atoms. The number of fused-ring (bicyclic) bond motifs is 1. The summed E-state index contributed by atoms with van der Waals surface area (Å²) in [6.45, 7) is 2.56. The molecule has 2 aliphatic rings. The maximum Gasteiger partial charge on any atom is 0.269 e. The van der Waals surface area contributed by atoms with Crippen molar-refractivity contribution in [1.29, 1.82) is 0 Å². The van der Waals surface area contributed by atoms with Gasteiger partial charge in [0.2, 0.25) is 0 Å². The molecule has 3 heterocycles. The number of pyridine rings is 1. The molecule has 1 unspecified atom stereocenters. The van der Waals surface area contributed by atoms with Crippen molar-refractivity contribution < 1.29 is 23.6 Å². The van der Waals surface area contributed by atoms with Crippen molar-refractivity contribution in [1.82, 2.24) is 15.4 Å². The first-order valence-corrected chi connectivity index (χ1v) is 9.50. The number of hydrogen-bond donors (Lipinski definition) is 2. The summed E-state index contributed by atoms with van der Waals surface area (Å²) in [7, 11) is 1.55. The Bertz CT molecular complexity index is 1020. The minimum Gasteiger partial charge on any atom is -0.479 e. The Morgan fingerprint density at radius 1 is 1.37 bits per heavy atom. The molecule has 0 bridgehead atoms. The standard InChI is InChI=1S/C21H21FN4O4/c1-12-20(27)25-19-17(30-12)6-4-14(18(19)22)10-26-8-7-15(11-29-26)13-3-5-16(24-9-13)21(28)23-2/h3-7,9,12H,8,10-11H2,1-2H3,(H,23,28)(H,25,27). The van der Waals surface area contributed by atoms with Crippen LogP contribution < -0.4 is 15.4 Å². The van der Waals surface area contributed by atoms with Crippen LogP contribution in [0.1, 0.15) is 28.5 Å². The molecule has 4 rings (SSSR count). The molecule has 0 saturated heterocycles. The number of nitrogens with zero attached hydrogens (tertiary/aromatic N) is 2. The van der Waals surface area contributed by atoms with Crippen LogP contribution in [0.2, 0.25) is 0 Å². The number of aromatic nitrogens is 1. The van der Waals surface area contributed by atoms with Crippen molar-refractivity contribution in [3.05, 3.63) is 59.2 Å². The number of carbonyl (C=O) groups excluding carboxylic acids is 2. The first-order chi connectivity index (χ1) is 14.5. The highest BCUT2D eigenvalue weighted by molar-refractivity contribution is 5.97. The van der Waals surface area contributed by atoms with E-state index in [0.29, 0.717) is 30.2 Å². The number of ether oxygens (including phenoxy) is 1. The van der Waals surface area contributed by atoms with Gasteiger partial charge in [-0.25, -0.2) is 4.39 Å². The molecule has 1 atom stereocenters. The minimum absolute atomic E-state index is 0.0612. The number of hydroxylamine groups is 2. The SMILES string of the molecule is CNC(=O)c1ccc(C2=CCN(Cc3ccc4c(c3F)NC(=O)C(C)O4)OC2)cn1. The predicted octanol–water partition coefficient (Wildman–Crippen LogP) is 2.13. The molecule has 1 aromatic heterocycles. The zero-order valence-corrected chi connectivity index (χ0v) is 16.6. The molecule has 2 aromatic rings. The van der Waals surface area contributed by atoms with E-state index in [1.54, 1.807) is 43.4 Å². The molecule has 30 heavy (non-hydrogen) atoms. The molecule has 0 saturated carbocycles. The number of nitrogens with one attached hydrogen (secondary N) is 2. The lowest BCUT2D eigenvalue weighted by Crippen LogP contribution is -2.35. The van der Waals surface area contributed by atoms with E-state index in [1.165, 1.54) is 0 Å². The number of halogens is 1. The summed E-state index contributed by atoms with van der Waals surface area (Å²) < 4.78 is 20.3. The summed E-state index contributed by atoms with van der Waals surface area (Å²) in [5, 5.41) is 6.72. The summed E-state index contributed by atoms with van der Waals surface area (Å²) >= 11 is 0. The lowest BCUT2D eigenvalue weighted by molar-refractivity contribution is -0.151. The summed E-state index contributed by atoms with van der Waals surface area (Å²) in [6, 6.07) is 6.74. The van der Waals surface area contributed by atoms with E-state index in [1.807, 2.05) is 12.1 Å². The fourth-order valence-corrected chi connectivity index (χ4v) is 3.24. The van der Waals surface area contributed by atoms with E-state index in [9.17, 15) is 14.0 Å². The zero-order valence-electron chi connectivity index (χ0n) is 16.6. The van der Waals surface area contributed by atoms with Crippen molar-refractivity contribution in [2.75, 3.05) is 25.5 Å². The van der Waals surface area contributed by atoms with Crippen LogP contribution in [0.5, 0.6) is 5.75 Å². The van der Waals surface area contributed by atoms with Crippen LogP contribution in [0, 0.1) is 5.82 Å². The van der Waals surface area contributed by atoms with Crippen LogP contribution in [0.25, 0.3) is 5.57 Å². The van der Waals surface area contributed by atoms with Gasteiger partial charge in [-0.1, -0.05) is 18.2 Å². The molecule has 0 radical (unpaired) electrons. The third-order valence-corrected chi connectivity index (χ3v) is 4.99. The number of rotatable bonds is 4. The van der Waals surface area contributed by atoms with Crippen LogP contribution >= 0.6 is 0 Å². The number of benzene rings is 1. The Labute approximate surface area is 172 Å². The Balaban J connectivity index is 1.44. The van der Waals surface area contributed by atoms with Gasteiger partial charge in [-0.15, -0.1) is 0 Å². The largest absolute Gasteiger partial charge is 0.479 e.